The highest BCUT2D eigenvalue weighted by molar-refractivity contribution is 5.51. The van der Waals surface area contributed by atoms with E-state index in [1.54, 1.807) is 31.5 Å². The molecule has 0 bridgehead atoms. The molecular formula is C20H19N3O3. The van der Waals surface area contributed by atoms with E-state index in [4.69, 9.17) is 19.2 Å². The van der Waals surface area contributed by atoms with Crippen molar-refractivity contribution in [2.75, 3.05) is 12.4 Å². The Balaban J connectivity index is 1.69. The lowest BCUT2D eigenvalue weighted by Crippen LogP contribution is -2.06. The van der Waals surface area contributed by atoms with E-state index < -0.39 is 0 Å². The van der Waals surface area contributed by atoms with Crippen molar-refractivity contribution in [3.05, 3.63) is 65.9 Å². The second kappa shape index (κ2) is 7.62. The van der Waals surface area contributed by atoms with Crippen LogP contribution in [0.25, 0.3) is 0 Å². The maximum absolute atomic E-state index is 8.96. The fourth-order valence-corrected chi connectivity index (χ4v) is 2.45. The van der Waals surface area contributed by atoms with E-state index >= 15 is 0 Å². The molecule has 0 unspecified atom stereocenters. The van der Waals surface area contributed by atoms with Crippen molar-refractivity contribution in [3.8, 4) is 23.3 Å². The number of nitrogens with zero attached hydrogens (tertiary/aromatic N) is 2. The summed E-state index contributed by atoms with van der Waals surface area (Å²) >= 11 is 0. The Labute approximate surface area is 152 Å². The van der Waals surface area contributed by atoms with Gasteiger partial charge in [-0.25, -0.2) is 4.98 Å². The number of rotatable bonds is 6. The monoisotopic (exact) mass is 349 g/mol. The molecule has 0 spiro atoms. The van der Waals surface area contributed by atoms with E-state index in [-0.39, 0.29) is 6.04 Å². The number of methoxy groups -OCH3 is 1. The lowest BCUT2D eigenvalue weighted by Gasteiger charge is -2.13. The fourth-order valence-electron chi connectivity index (χ4n) is 2.45. The first-order chi connectivity index (χ1) is 12.6. The van der Waals surface area contributed by atoms with Gasteiger partial charge in [0.25, 0.3) is 0 Å². The van der Waals surface area contributed by atoms with Gasteiger partial charge in [0.05, 0.1) is 24.9 Å². The zero-order chi connectivity index (χ0) is 18.5. The normalized spacial score (nSPS) is 11.5. The standard InChI is InChI=1S/C20H19N3O3/c1-13-12-22-20(25-13)14(2)23-16-5-7-17(8-6-16)26-18-9-4-15(11-21)10-19(18)24-3/h4-10,12,14,23H,1-3H3/t14-/m0/s1. The molecule has 3 aromatic rings. The van der Waals surface area contributed by atoms with Crippen LogP contribution in [0.15, 0.2) is 53.1 Å². The largest absolute Gasteiger partial charge is 0.493 e. The predicted molar refractivity (Wildman–Crippen MR) is 97.5 cm³/mol. The number of benzene rings is 2. The summed E-state index contributed by atoms with van der Waals surface area (Å²) in [5.41, 5.74) is 1.44. The molecular weight excluding hydrogens is 330 g/mol. The van der Waals surface area contributed by atoms with E-state index in [0.717, 1.165) is 11.4 Å². The van der Waals surface area contributed by atoms with Crippen LogP contribution < -0.4 is 14.8 Å². The molecule has 0 saturated carbocycles. The van der Waals surface area contributed by atoms with Crippen LogP contribution in [-0.4, -0.2) is 12.1 Å². The minimum absolute atomic E-state index is 0.0471. The van der Waals surface area contributed by atoms with Crippen molar-refractivity contribution in [1.29, 1.82) is 5.26 Å². The Morgan fingerprint density at radius 2 is 1.92 bits per heavy atom. The predicted octanol–water partition coefficient (Wildman–Crippen LogP) is 4.83. The molecule has 0 aliphatic rings. The van der Waals surface area contributed by atoms with Crippen molar-refractivity contribution >= 4 is 5.69 Å². The number of hydrogen-bond acceptors (Lipinski definition) is 6. The molecule has 6 heteroatoms. The van der Waals surface area contributed by atoms with E-state index in [2.05, 4.69) is 16.4 Å². The van der Waals surface area contributed by atoms with E-state index in [9.17, 15) is 0 Å². The highest BCUT2D eigenvalue weighted by atomic mass is 16.5. The minimum Gasteiger partial charge on any atom is -0.493 e. The van der Waals surface area contributed by atoms with Crippen LogP contribution >= 0.6 is 0 Å². The molecule has 1 N–H and O–H groups in total. The first-order valence-electron chi connectivity index (χ1n) is 8.14. The zero-order valence-electron chi connectivity index (χ0n) is 14.8. The summed E-state index contributed by atoms with van der Waals surface area (Å²) in [7, 11) is 1.54. The fraction of sp³-hybridized carbons (Fsp3) is 0.200. The molecule has 6 nitrogen and oxygen atoms in total. The lowest BCUT2D eigenvalue weighted by atomic mass is 10.2. The van der Waals surface area contributed by atoms with Crippen LogP contribution in [0.4, 0.5) is 5.69 Å². The highest BCUT2D eigenvalue weighted by Gasteiger charge is 2.11. The first-order valence-corrected chi connectivity index (χ1v) is 8.14. The average molecular weight is 349 g/mol. The highest BCUT2D eigenvalue weighted by Crippen LogP contribution is 2.33. The van der Waals surface area contributed by atoms with Crippen LogP contribution in [0.2, 0.25) is 0 Å². The number of hydrogen-bond donors (Lipinski definition) is 1. The van der Waals surface area contributed by atoms with Gasteiger partial charge in [0.2, 0.25) is 5.89 Å². The summed E-state index contributed by atoms with van der Waals surface area (Å²) in [5.74, 6) is 3.16. The topological polar surface area (TPSA) is 80.3 Å². The molecule has 0 radical (unpaired) electrons. The van der Waals surface area contributed by atoms with Gasteiger partial charge in [0.15, 0.2) is 11.5 Å². The van der Waals surface area contributed by atoms with Crippen molar-refractivity contribution < 1.29 is 13.9 Å². The molecule has 1 atom stereocenters. The summed E-state index contributed by atoms with van der Waals surface area (Å²) in [5, 5.41) is 12.3. The summed E-state index contributed by atoms with van der Waals surface area (Å²) in [4.78, 5) is 4.23. The van der Waals surface area contributed by atoms with Gasteiger partial charge in [-0.05, 0) is 50.2 Å². The Morgan fingerprint density at radius 1 is 1.15 bits per heavy atom. The molecule has 132 valence electrons. The first kappa shape index (κ1) is 17.4. The quantitative estimate of drug-likeness (QED) is 0.686. The second-order valence-electron chi connectivity index (χ2n) is 5.78. The summed E-state index contributed by atoms with van der Waals surface area (Å²) in [6.07, 6.45) is 1.70. The molecule has 0 amide bonds. The molecule has 26 heavy (non-hydrogen) atoms. The van der Waals surface area contributed by atoms with E-state index in [1.807, 2.05) is 38.1 Å². The lowest BCUT2D eigenvalue weighted by molar-refractivity contribution is 0.378. The van der Waals surface area contributed by atoms with Crippen molar-refractivity contribution in [3.63, 3.8) is 0 Å². The van der Waals surface area contributed by atoms with Gasteiger partial charge >= 0.3 is 0 Å². The molecule has 3 rings (SSSR count). The number of oxazole rings is 1. The minimum atomic E-state index is -0.0471. The Morgan fingerprint density at radius 3 is 2.54 bits per heavy atom. The zero-order valence-corrected chi connectivity index (χ0v) is 14.8. The van der Waals surface area contributed by atoms with Crippen molar-refractivity contribution in [1.82, 2.24) is 4.98 Å². The van der Waals surface area contributed by atoms with Crippen molar-refractivity contribution in [2.24, 2.45) is 0 Å². The molecule has 2 aromatic carbocycles. The third-order valence-electron chi connectivity index (χ3n) is 3.77. The van der Waals surface area contributed by atoms with Crippen LogP contribution in [0.3, 0.4) is 0 Å². The number of anilines is 1. The van der Waals surface area contributed by atoms with Crippen molar-refractivity contribution in [2.45, 2.75) is 19.9 Å². The molecule has 1 aromatic heterocycles. The number of ether oxygens (including phenoxy) is 2. The summed E-state index contributed by atoms with van der Waals surface area (Å²) in [6.45, 7) is 3.85. The van der Waals surface area contributed by atoms with Crippen LogP contribution in [-0.2, 0) is 0 Å². The summed E-state index contributed by atoms with van der Waals surface area (Å²) < 4.78 is 16.7. The average Bonchev–Trinajstić information content (AvgIpc) is 3.10. The van der Waals surface area contributed by atoms with Crippen LogP contribution in [0.1, 0.15) is 30.2 Å². The van der Waals surface area contributed by atoms with Gasteiger partial charge in [-0.1, -0.05) is 0 Å². The van der Waals surface area contributed by atoms with E-state index in [1.165, 1.54) is 0 Å². The molecule has 0 aliphatic heterocycles. The second-order valence-corrected chi connectivity index (χ2v) is 5.78. The molecule has 1 heterocycles. The smallest absolute Gasteiger partial charge is 0.216 e. The Hall–Kier alpha value is -3.46. The van der Waals surface area contributed by atoms with Gasteiger partial charge in [-0.15, -0.1) is 0 Å². The number of aryl methyl sites for hydroxylation is 1. The maximum Gasteiger partial charge on any atom is 0.216 e. The molecule has 0 fully saturated rings. The number of aromatic nitrogens is 1. The Kier molecular flexibility index (Phi) is 5.09. The summed E-state index contributed by atoms with van der Waals surface area (Å²) in [6, 6.07) is 14.6. The Bertz CT molecular complexity index is 926. The van der Waals surface area contributed by atoms with Crippen LogP contribution in [0.5, 0.6) is 17.2 Å². The number of nitrogens with one attached hydrogen (secondary N) is 1. The van der Waals surface area contributed by atoms with Gasteiger partial charge < -0.3 is 19.2 Å². The van der Waals surface area contributed by atoms with Gasteiger partial charge in [0.1, 0.15) is 17.6 Å². The van der Waals surface area contributed by atoms with Gasteiger partial charge in [-0.2, -0.15) is 5.26 Å². The molecule has 0 aliphatic carbocycles. The maximum atomic E-state index is 8.96. The van der Waals surface area contributed by atoms with E-state index in [0.29, 0.717) is 28.7 Å². The molecule has 0 saturated heterocycles. The van der Waals surface area contributed by atoms with Gasteiger partial charge in [-0.3, -0.25) is 0 Å². The third-order valence-corrected chi connectivity index (χ3v) is 3.77. The van der Waals surface area contributed by atoms with Crippen LogP contribution in [0, 0.1) is 18.3 Å². The number of nitriles is 1. The SMILES string of the molecule is COc1cc(C#N)ccc1Oc1ccc(N[C@@H](C)c2ncc(C)o2)cc1. The third kappa shape index (κ3) is 3.95. The van der Waals surface area contributed by atoms with Gasteiger partial charge in [0, 0.05) is 11.8 Å².